The van der Waals surface area contributed by atoms with Crippen LogP contribution in [0.4, 0.5) is 0 Å². The van der Waals surface area contributed by atoms with Crippen molar-refractivity contribution in [3.8, 4) is 0 Å². The van der Waals surface area contributed by atoms with E-state index in [2.05, 4.69) is 42.8 Å². The number of hydrogen-bond donors (Lipinski definition) is 1. The van der Waals surface area contributed by atoms with Crippen LogP contribution in [0.15, 0.2) is 24.5 Å². The van der Waals surface area contributed by atoms with E-state index in [1.807, 2.05) is 12.4 Å². The number of nitrogens with zero attached hydrogens (tertiary/aromatic N) is 2. The minimum absolute atomic E-state index is 0.0363. The van der Waals surface area contributed by atoms with E-state index in [4.69, 9.17) is 18.0 Å². The number of aromatic nitrogens is 1. The summed E-state index contributed by atoms with van der Waals surface area (Å²) in [5, 5.41) is 0. The number of rotatable bonds is 8. The molecule has 0 fully saturated rings. The quantitative estimate of drug-likeness (QED) is 0.743. The van der Waals surface area contributed by atoms with E-state index in [1.54, 1.807) is 0 Å². The van der Waals surface area contributed by atoms with Gasteiger partial charge in [0.15, 0.2) is 0 Å². The molecule has 1 heterocycles. The summed E-state index contributed by atoms with van der Waals surface area (Å²) in [6.07, 6.45) is 5.84. The Morgan fingerprint density at radius 3 is 2.53 bits per heavy atom. The van der Waals surface area contributed by atoms with Crippen molar-refractivity contribution < 1.29 is 0 Å². The van der Waals surface area contributed by atoms with Crippen LogP contribution in [0.3, 0.4) is 0 Å². The molecule has 19 heavy (non-hydrogen) atoms. The second kappa shape index (κ2) is 7.56. The fourth-order valence-corrected chi connectivity index (χ4v) is 2.07. The summed E-state index contributed by atoms with van der Waals surface area (Å²) in [4.78, 5) is 7.10. The van der Waals surface area contributed by atoms with Crippen LogP contribution < -0.4 is 5.73 Å². The Hall–Kier alpha value is -1.00. The normalized spacial score (nSPS) is 11.8. The Morgan fingerprint density at radius 2 is 2.00 bits per heavy atom. The highest BCUT2D eigenvalue weighted by Gasteiger charge is 2.20. The highest BCUT2D eigenvalue weighted by molar-refractivity contribution is 7.80. The van der Waals surface area contributed by atoms with E-state index in [-0.39, 0.29) is 5.41 Å². The zero-order valence-corrected chi connectivity index (χ0v) is 13.0. The second-order valence-corrected chi connectivity index (χ2v) is 6.02. The van der Waals surface area contributed by atoms with E-state index in [9.17, 15) is 0 Å². The fraction of sp³-hybridized carbons (Fsp3) is 0.600. The molecule has 0 aliphatic heterocycles. The van der Waals surface area contributed by atoms with Crippen LogP contribution in [0.1, 0.15) is 39.2 Å². The summed E-state index contributed by atoms with van der Waals surface area (Å²) in [5.74, 6) is 0. The van der Waals surface area contributed by atoms with Crippen LogP contribution in [0.25, 0.3) is 0 Å². The van der Waals surface area contributed by atoms with Crippen molar-refractivity contribution in [2.24, 2.45) is 11.1 Å². The van der Waals surface area contributed by atoms with Gasteiger partial charge in [-0.05, 0) is 43.6 Å². The lowest BCUT2D eigenvalue weighted by Gasteiger charge is -2.26. The summed E-state index contributed by atoms with van der Waals surface area (Å²) in [7, 11) is 0. The van der Waals surface area contributed by atoms with Gasteiger partial charge in [0.2, 0.25) is 0 Å². The molecule has 1 aromatic heterocycles. The predicted molar refractivity (Wildman–Crippen MR) is 85.0 cm³/mol. The molecule has 0 aromatic carbocycles. The molecule has 0 saturated carbocycles. The number of pyridine rings is 1. The van der Waals surface area contributed by atoms with Crippen molar-refractivity contribution in [3.05, 3.63) is 30.1 Å². The van der Waals surface area contributed by atoms with Gasteiger partial charge in [-0.2, -0.15) is 0 Å². The molecule has 0 radical (unpaired) electrons. The maximum absolute atomic E-state index is 5.75. The van der Waals surface area contributed by atoms with Crippen LogP contribution in [-0.4, -0.2) is 28.0 Å². The summed E-state index contributed by atoms with van der Waals surface area (Å²) >= 11 is 5.10. The van der Waals surface area contributed by atoms with E-state index in [1.165, 1.54) is 5.56 Å². The van der Waals surface area contributed by atoms with Gasteiger partial charge in [-0.3, -0.25) is 9.88 Å². The molecule has 4 heteroatoms. The van der Waals surface area contributed by atoms with Gasteiger partial charge in [0, 0.05) is 24.4 Å². The van der Waals surface area contributed by atoms with Gasteiger partial charge in [0.05, 0.1) is 4.99 Å². The molecule has 0 amide bonds. The van der Waals surface area contributed by atoms with E-state index >= 15 is 0 Å². The third-order valence-electron chi connectivity index (χ3n) is 3.55. The van der Waals surface area contributed by atoms with Crippen molar-refractivity contribution in [1.82, 2.24) is 9.88 Å². The third kappa shape index (κ3) is 5.66. The monoisotopic (exact) mass is 279 g/mol. The molecule has 1 rings (SSSR count). The minimum atomic E-state index is -0.0363. The Kier molecular flexibility index (Phi) is 6.38. The Bertz CT molecular complexity index is 390. The van der Waals surface area contributed by atoms with Gasteiger partial charge in [0.25, 0.3) is 0 Å². The fourth-order valence-electron chi connectivity index (χ4n) is 1.96. The van der Waals surface area contributed by atoms with Crippen LogP contribution in [0.2, 0.25) is 0 Å². The van der Waals surface area contributed by atoms with Gasteiger partial charge >= 0.3 is 0 Å². The van der Waals surface area contributed by atoms with Crippen LogP contribution >= 0.6 is 12.2 Å². The van der Waals surface area contributed by atoms with Gasteiger partial charge in [-0.15, -0.1) is 0 Å². The zero-order valence-electron chi connectivity index (χ0n) is 12.2. The maximum Gasteiger partial charge on any atom is 0.0784 e. The first-order valence-electron chi connectivity index (χ1n) is 6.87. The number of thiocarbonyl (C=S) groups is 1. The standard InChI is InChI=1S/C15H25N3S/c1-4-18(12-13-6-9-17-10-7-13)11-5-8-15(2,3)14(16)19/h6-7,9-10H,4-5,8,11-12H2,1-3H3,(H2,16,19). The van der Waals surface area contributed by atoms with Crippen molar-refractivity contribution in [2.75, 3.05) is 13.1 Å². The van der Waals surface area contributed by atoms with Gasteiger partial charge in [-0.25, -0.2) is 0 Å². The van der Waals surface area contributed by atoms with Crippen LogP contribution in [-0.2, 0) is 6.54 Å². The van der Waals surface area contributed by atoms with Crippen molar-refractivity contribution >= 4 is 17.2 Å². The summed E-state index contributed by atoms with van der Waals surface area (Å²) in [6.45, 7) is 9.54. The van der Waals surface area contributed by atoms with Gasteiger partial charge in [-0.1, -0.05) is 33.0 Å². The Balaban J connectivity index is 2.40. The SMILES string of the molecule is CCN(CCCC(C)(C)C(N)=S)Cc1ccncc1. The molecule has 2 N–H and O–H groups in total. The van der Waals surface area contributed by atoms with E-state index in [0.717, 1.165) is 32.5 Å². The zero-order chi connectivity index (χ0) is 14.3. The second-order valence-electron chi connectivity index (χ2n) is 5.58. The molecule has 0 bridgehead atoms. The number of nitrogens with two attached hydrogens (primary N) is 1. The molecule has 3 nitrogen and oxygen atoms in total. The lowest BCUT2D eigenvalue weighted by Crippen LogP contribution is -2.31. The highest BCUT2D eigenvalue weighted by atomic mass is 32.1. The Morgan fingerprint density at radius 1 is 1.37 bits per heavy atom. The van der Waals surface area contributed by atoms with E-state index < -0.39 is 0 Å². The molecule has 1 aromatic rings. The molecule has 0 aliphatic carbocycles. The maximum atomic E-state index is 5.75. The molecule has 0 aliphatic rings. The molecule has 0 atom stereocenters. The van der Waals surface area contributed by atoms with Crippen LogP contribution in [0, 0.1) is 5.41 Å². The van der Waals surface area contributed by atoms with Crippen molar-refractivity contribution in [1.29, 1.82) is 0 Å². The van der Waals surface area contributed by atoms with Gasteiger partial charge < -0.3 is 5.73 Å². The first-order chi connectivity index (χ1) is 8.95. The number of hydrogen-bond acceptors (Lipinski definition) is 3. The van der Waals surface area contributed by atoms with Crippen LogP contribution in [0.5, 0.6) is 0 Å². The van der Waals surface area contributed by atoms with E-state index in [0.29, 0.717) is 4.99 Å². The summed E-state index contributed by atoms with van der Waals surface area (Å²) < 4.78 is 0. The molecular formula is C15H25N3S. The molecule has 0 saturated heterocycles. The van der Waals surface area contributed by atoms with Gasteiger partial charge in [0.1, 0.15) is 0 Å². The molecule has 0 spiro atoms. The van der Waals surface area contributed by atoms with Crippen molar-refractivity contribution in [2.45, 2.75) is 40.2 Å². The van der Waals surface area contributed by atoms with Crippen molar-refractivity contribution in [3.63, 3.8) is 0 Å². The topological polar surface area (TPSA) is 42.1 Å². The molecule has 0 unspecified atom stereocenters. The first kappa shape index (κ1) is 16.1. The average molecular weight is 279 g/mol. The third-order valence-corrected chi connectivity index (χ3v) is 4.10. The molecule has 106 valence electrons. The minimum Gasteiger partial charge on any atom is -0.393 e. The highest BCUT2D eigenvalue weighted by Crippen LogP contribution is 2.22. The Labute approximate surface area is 122 Å². The average Bonchev–Trinajstić information content (AvgIpc) is 2.38. The molecular weight excluding hydrogens is 254 g/mol. The smallest absolute Gasteiger partial charge is 0.0784 e. The summed E-state index contributed by atoms with van der Waals surface area (Å²) in [6, 6.07) is 4.14. The largest absolute Gasteiger partial charge is 0.393 e. The predicted octanol–water partition coefficient (Wildman–Crippen LogP) is 3.00. The first-order valence-corrected chi connectivity index (χ1v) is 7.27. The lowest BCUT2D eigenvalue weighted by atomic mass is 9.88. The summed E-state index contributed by atoms with van der Waals surface area (Å²) in [5.41, 5.74) is 7.03. The lowest BCUT2D eigenvalue weighted by molar-refractivity contribution is 0.262.